The Labute approximate surface area is 145 Å². The maximum atomic E-state index is 12.5. The molecule has 0 atom stereocenters. The van der Waals surface area contributed by atoms with Gasteiger partial charge in [-0.1, -0.05) is 36.4 Å². The maximum absolute atomic E-state index is 12.5. The number of rotatable bonds is 6. The van der Waals surface area contributed by atoms with E-state index in [0.717, 1.165) is 11.1 Å². The SMILES string of the molecule is O=S(=O)(NCc1cccc(OC(F)F)c1)C1=Cc2ccccc2CC1. The molecule has 2 aromatic carbocycles. The third-order valence-corrected chi connectivity index (χ3v) is 5.48. The average Bonchev–Trinajstić information content (AvgIpc) is 2.59. The molecule has 4 nitrogen and oxygen atoms in total. The summed E-state index contributed by atoms with van der Waals surface area (Å²) in [6.45, 7) is -2.92. The summed E-state index contributed by atoms with van der Waals surface area (Å²) in [7, 11) is -3.64. The second-order valence-corrected chi connectivity index (χ2v) is 7.48. The number of hydrogen-bond donors (Lipinski definition) is 1. The van der Waals surface area contributed by atoms with Gasteiger partial charge in [-0.2, -0.15) is 8.78 Å². The zero-order chi connectivity index (χ0) is 17.9. The Balaban J connectivity index is 1.72. The fraction of sp³-hybridized carbons (Fsp3) is 0.222. The van der Waals surface area contributed by atoms with E-state index in [0.29, 0.717) is 23.3 Å². The average molecular weight is 365 g/mol. The Morgan fingerprint density at radius 1 is 1.08 bits per heavy atom. The molecule has 0 saturated heterocycles. The number of ether oxygens (including phenoxy) is 1. The molecule has 0 unspecified atom stereocenters. The van der Waals surface area contributed by atoms with Crippen LogP contribution in [-0.4, -0.2) is 15.0 Å². The van der Waals surface area contributed by atoms with Crippen LogP contribution in [0.1, 0.15) is 23.1 Å². The van der Waals surface area contributed by atoms with Crippen molar-refractivity contribution in [3.63, 3.8) is 0 Å². The Kier molecular flexibility index (Phi) is 5.15. The highest BCUT2D eigenvalue weighted by Crippen LogP contribution is 2.26. The highest BCUT2D eigenvalue weighted by atomic mass is 32.2. The largest absolute Gasteiger partial charge is 0.435 e. The van der Waals surface area contributed by atoms with Crippen molar-refractivity contribution in [2.75, 3.05) is 0 Å². The molecule has 2 aromatic rings. The van der Waals surface area contributed by atoms with E-state index in [9.17, 15) is 17.2 Å². The summed E-state index contributed by atoms with van der Waals surface area (Å²) in [5.74, 6) is -0.00231. The first-order valence-corrected chi connectivity index (χ1v) is 9.24. The lowest BCUT2D eigenvalue weighted by Gasteiger charge is -2.17. The van der Waals surface area contributed by atoms with E-state index in [1.807, 2.05) is 24.3 Å². The summed E-state index contributed by atoms with van der Waals surface area (Å²) in [5, 5.41) is 0. The van der Waals surface area contributed by atoms with Crippen molar-refractivity contribution in [2.45, 2.75) is 26.0 Å². The first kappa shape index (κ1) is 17.6. The van der Waals surface area contributed by atoms with Crippen molar-refractivity contribution in [1.82, 2.24) is 4.72 Å². The van der Waals surface area contributed by atoms with Crippen LogP contribution >= 0.6 is 0 Å². The van der Waals surface area contributed by atoms with Gasteiger partial charge in [0.1, 0.15) is 5.75 Å². The third-order valence-electron chi connectivity index (χ3n) is 3.95. The minimum atomic E-state index is -3.64. The molecule has 0 amide bonds. The van der Waals surface area contributed by atoms with Gasteiger partial charge in [-0.3, -0.25) is 0 Å². The van der Waals surface area contributed by atoms with Crippen molar-refractivity contribution >= 4 is 16.1 Å². The predicted molar refractivity (Wildman–Crippen MR) is 91.6 cm³/mol. The second kappa shape index (κ2) is 7.33. The van der Waals surface area contributed by atoms with Crippen LogP contribution in [0.15, 0.2) is 53.4 Å². The van der Waals surface area contributed by atoms with Gasteiger partial charge in [-0.25, -0.2) is 13.1 Å². The number of alkyl halides is 2. The number of fused-ring (bicyclic) bond motifs is 1. The molecule has 0 spiro atoms. The molecular weight excluding hydrogens is 348 g/mol. The van der Waals surface area contributed by atoms with E-state index in [4.69, 9.17) is 0 Å². The van der Waals surface area contributed by atoms with Gasteiger partial charge in [-0.05, 0) is 47.7 Å². The van der Waals surface area contributed by atoms with Crippen LogP contribution in [-0.2, 0) is 23.0 Å². The smallest absolute Gasteiger partial charge is 0.387 e. The van der Waals surface area contributed by atoms with Crippen LogP contribution in [0, 0.1) is 0 Å². The quantitative estimate of drug-likeness (QED) is 0.849. The van der Waals surface area contributed by atoms with Gasteiger partial charge in [0.05, 0.1) is 4.91 Å². The van der Waals surface area contributed by atoms with Gasteiger partial charge in [0.2, 0.25) is 10.0 Å². The van der Waals surface area contributed by atoms with Crippen LogP contribution in [0.4, 0.5) is 8.78 Å². The normalized spacial score (nSPS) is 14.1. The highest BCUT2D eigenvalue weighted by molar-refractivity contribution is 7.93. The van der Waals surface area contributed by atoms with E-state index < -0.39 is 16.6 Å². The first-order chi connectivity index (χ1) is 11.9. The van der Waals surface area contributed by atoms with Crippen LogP contribution < -0.4 is 9.46 Å². The third kappa shape index (κ3) is 4.43. The van der Waals surface area contributed by atoms with Gasteiger partial charge in [0.15, 0.2) is 0 Å². The summed E-state index contributed by atoms with van der Waals surface area (Å²) in [6.07, 6.45) is 2.78. The fourth-order valence-electron chi connectivity index (χ4n) is 2.72. The van der Waals surface area contributed by atoms with E-state index in [-0.39, 0.29) is 12.3 Å². The topological polar surface area (TPSA) is 55.4 Å². The van der Waals surface area contributed by atoms with E-state index in [1.165, 1.54) is 18.2 Å². The molecule has 7 heteroatoms. The van der Waals surface area contributed by atoms with Gasteiger partial charge in [0.25, 0.3) is 0 Å². The molecule has 0 radical (unpaired) electrons. The second-order valence-electron chi connectivity index (χ2n) is 5.66. The van der Waals surface area contributed by atoms with Gasteiger partial charge >= 0.3 is 6.61 Å². The molecule has 132 valence electrons. The summed E-state index contributed by atoms with van der Waals surface area (Å²) in [4.78, 5) is 0.325. The number of aryl methyl sites for hydroxylation is 1. The Morgan fingerprint density at radius 2 is 1.88 bits per heavy atom. The highest BCUT2D eigenvalue weighted by Gasteiger charge is 2.21. The predicted octanol–water partition coefficient (Wildman–Crippen LogP) is 3.69. The molecule has 0 heterocycles. The Morgan fingerprint density at radius 3 is 2.68 bits per heavy atom. The number of halogens is 2. The number of allylic oxidation sites excluding steroid dienone is 1. The minimum Gasteiger partial charge on any atom is -0.435 e. The summed E-state index contributed by atoms with van der Waals surface area (Å²) < 4.78 is 56.3. The summed E-state index contributed by atoms with van der Waals surface area (Å²) in [5.41, 5.74) is 2.57. The van der Waals surface area contributed by atoms with Crippen molar-refractivity contribution in [3.8, 4) is 5.75 Å². The summed E-state index contributed by atoms with van der Waals surface area (Å²) >= 11 is 0. The molecule has 1 N–H and O–H groups in total. The van der Waals surface area contributed by atoms with Gasteiger partial charge in [0, 0.05) is 6.54 Å². The van der Waals surface area contributed by atoms with E-state index >= 15 is 0 Å². The van der Waals surface area contributed by atoms with Crippen molar-refractivity contribution in [2.24, 2.45) is 0 Å². The molecule has 1 aliphatic rings. The molecular formula is C18H17F2NO3S. The molecule has 25 heavy (non-hydrogen) atoms. The number of benzene rings is 2. The van der Waals surface area contributed by atoms with Gasteiger partial charge < -0.3 is 4.74 Å². The van der Waals surface area contributed by atoms with Crippen molar-refractivity contribution < 1.29 is 21.9 Å². The van der Waals surface area contributed by atoms with Crippen molar-refractivity contribution in [3.05, 3.63) is 70.1 Å². The number of nitrogens with one attached hydrogen (secondary N) is 1. The van der Waals surface area contributed by atoms with Crippen LogP contribution in [0.5, 0.6) is 5.75 Å². The minimum absolute atomic E-state index is 0.00174. The molecule has 3 rings (SSSR count). The molecule has 1 aliphatic carbocycles. The maximum Gasteiger partial charge on any atom is 0.387 e. The number of sulfonamides is 1. The Hall–Kier alpha value is -2.25. The molecule has 0 aromatic heterocycles. The van der Waals surface area contributed by atoms with Crippen molar-refractivity contribution in [1.29, 1.82) is 0 Å². The summed E-state index contributed by atoms with van der Waals surface area (Å²) in [6, 6.07) is 13.6. The van der Waals surface area contributed by atoms with Crippen LogP contribution in [0.25, 0.3) is 6.08 Å². The number of hydrogen-bond acceptors (Lipinski definition) is 3. The van der Waals surface area contributed by atoms with E-state index in [2.05, 4.69) is 9.46 Å². The Bertz CT molecular complexity index is 895. The van der Waals surface area contributed by atoms with Gasteiger partial charge in [-0.15, -0.1) is 0 Å². The molecule has 0 bridgehead atoms. The molecule has 0 fully saturated rings. The lowest BCUT2D eigenvalue weighted by molar-refractivity contribution is -0.0498. The zero-order valence-corrected chi connectivity index (χ0v) is 14.1. The fourth-order valence-corrected chi connectivity index (χ4v) is 3.92. The zero-order valence-electron chi connectivity index (χ0n) is 13.3. The lowest BCUT2D eigenvalue weighted by atomic mass is 9.98. The molecule has 0 saturated carbocycles. The first-order valence-electron chi connectivity index (χ1n) is 7.76. The standard InChI is InChI=1S/C18H17F2NO3S/c19-18(20)24-16-7-3-4-13(10-16)12-21-25(22,23)17-9-8-14-5-1-2-6-15(14)11-17/h1-7,10-11,18,21H,8-9,12H2. The van der Waals surface area contributed by atoms with E-state index in [1.54, 1.807) is 12.1 Å². The molecule has 0 aliphatic heterocycles. The van der Waals surface area contributed by atoms with Crippen LogP contribution in [0.3, 0.4) is 0 Å². The van der Waals surface area contributed by atoms with Crippen LogP contribution in [0.2, 0.25) is 0 Å². The monoisotopic (exact) mass is 365 g/mol. The lowest BCUT2D eigenvalue weighted by Crippen LogP contribution is -2.25.